The van der Waals surface area contributed by atoms with Crippen molar-refractivity contribution in [3.63, 3.8) is 0 Å². The lowest BCUT2D eigenvalue weighted by Crippen LogP contribution is -2.14. The molecular formula is C10H20O2. The van der Waals surface area contributed by atoms with E-state index in [0.717, 1.165) is 12.8 Å². The molecule has 0 aliphatic heterocycles. The molecule has 2 unspecified atom stereocenters. The minimum absolute atomic E-state index is 0.196. The van der Waals surface area contributed by atoms with Crippen LogP contribution in [0.5, 0.6) is 0 Å². The molecule has 0 spiro atoms. The van der Waals surface area contributed by atoms with Crippen molar-refractivity contribution < 1.29 is 9.90 Å². The summed E-state index contributed by atoms with van der Waals surface area (Å²) in [7, 11) is 0. The van der Waals surface area contributed by atoms with Gasteiger partial charge in [-0.2, -0.15) is 0 Å². The Kier molecular flexibility index (Phi) is 4.95. The standard InChI is InChI=1S/C10H20O2/c1-7(2)5-8(3)6-9(4)10(11)12/h7-9H,5-6H2,1-4H3,(H,11,12). The average molecular weight is 172 g/mol. The third kappa shape index (κ3) is 5.16. The van der Waals surface area contributed by atoms with E-state index < -0.39 is 5.97 Å². The summed E-state index contributed by atoms with van der Waals surface area (Å²) in [5.41, 5.74) is 0. The zero-order valence-corrected chi connectivity index (χ0v) is 8.50. The number of carbonyl (C=O) groups is 1. The summed E-state index contributed by atoms with van der Waals surface area (Å²) in [6.07, 6.45) is 1.92. The predicted molar refractivity (Wildman–Crippen MR) is 50.0 cm³/mol. The first kappa shape index (κ1) is 11.5. The number of carboxylic acids is 1. The zero-order chi connectivity index (χ0) is 9.72. The second-order valence-corrected chi connectivity index (χ2v) is 4.21. The van der Waals surface area contributed by atoms with Crippen LogP contribution in [0.25, 0.3) is 0 Å². The van der Waals surface area contributed by atoms with Crippen molar-refractivity contribution in [3.05, 3.63) is 0 Å². The van der Waals surface area contributed by atoms with Gasteiger partial charge in [-0.1, -0.05) is 27.7 Å². The Morgan fingerprint density at radius 3 is 2.00 bits per heavy atom. The molecule has 0 aromatic carbocycles. The van der Waals surface area contributed by atoms with E-state index in [1.807, 2.05) is 0 Å². The van der Waals surface area contributed by atoms with Crippen LogP contribution in [0.1, 0.15) is 40.5 Å². The molecule has 0 heterocycles. The smallest absolute Gasteiger partial charge is 0.306 e. The molecule has 2 nitrogen and oxygen atoms in total. The fourth-order valence-corrected chi connectivity index (χ4v) is 1.61. The molecule has 0 radical (unpaired) electrons. The molecule has 0 aliphatic carbocycles. The molecule has 72 valence electrons. The zero-order valence-electron chi connectivity index (χ0n) is 8.50. The summed E-state index contributed by atoms with van der Waals surface area (Å²) in [6, 6.07) is 0. The molecule has 0 rings (SSSR count). The van der Waals surface area contributed by atoms with E-state index in [-0.39, 0.29) is 5.92 Å². The lowest BCUT2D eigenvalue weighted by atomic mass is 9.90. The monoisotopic (exact) mass is 172 g/mol. The lowest BCUT2D eigenvalue weighted by Gasteiger charge is -2.15. The molecule has 0 amide bonds. The van der Waals surface area contributed by atoms with Crippen molar-refractivity contribution in [2.45, 2.75) is 40.5 Å². The number of hydrogen-bond donors (Lipinski definition) is 1. The van der Waals surface area contributed by atoms with Crippen molar-refractivity contribution in [1.29, 1.82) is 0 Å². The molecule has 0 bridgehead atoms. The van der Waals surface area contributed by atoms with E-state index in [4.69, 9.17) is 5.11 Å². The van der Waals surface area contributed by atoms with E-state index in [9.17, 15) is 4.79 Å². The van der Waals surface area contributed by atoms with Gasteiger partial charge >= 0.3 is 5.97 Å². The van der Waals surface area contributed by atoms with Gasteiger partial charge in [0.25, 0.3) is 0 Å². The summed E-state index contributed by atoms with van der Waals surface area (Å²) in [5, 5.41) is 8.67. The highest BCUT2D eigenvalue weighted by molar-refractivity contribution is 5.69. The Bertz CT molecular complexity index is 141. The van der Waals surface area contributed by atoms with Crippen molar-refractivity contribution in [1.82, 2.24) is 0 Å². The van der Waals surface area contributed by atoms with Crippen LogP contribution in [-0.4, -0.2) is 11.1 Å². The molecule has 2 atom stereocenters. The Labute approximate surface area is 75.0 Å². The summed E-state index contributed by atoms with van der Waals surface area (Å²) >= 11 is 0. The van der Waals surface area contributed by atoms with Crippen LogP contribution in [-0.2, 0) is 4.79 Å². The first-order valence-corrected chi connectivity index (χ1v) is 4.66. The first-order valence-electron chi connectivity index (χ1n) is 4.66. The SMILES string of the molecule is CC(C)CC(C)CC(C)C(=O)O. The number of aliphatic carboxylic acids is 1. The summed E-state index contributed by atoms with van der Waals surface area (Å²) in [6.45, 7) is 8.24. The highest BCUT2D eigenvalue weighted by Gasteiger charge is 2.15. The lowest BCUT2D eigenvalue weighted by molar-refractivity contribution is -0.141. The van der Waals surface area contributed by atoms with E-state index in [2.05, 4.69) is 20.8 Å². The van der Waals surface area contributed by atoms with Gasteiger partial charge in [0, 0.05) is 0 Å². The van der Waals surface area contributed by atoms with Gasteiger partial charge in [-0.25, -0.2) is 0 Å². The second-order valence-electron chi connectivity index (χ2n) is 4.21. The molecule has 0 aromatic rings. The number of hydrogen-bond acceptors (Lipinski definition) is 1. The van der Waals surface area contributed by atoms with Gasteiger partial charge < -0.3 is 5.11 Å². The summed E-state index contributed by atoms with van der Waals surface area (Å²) < 4.78 is 0. The molecular weight excluding hydrogens is 152 g/mol. The highest BCUT2D eigenvalue weighted by Crippen LogP contribution is 2.19. The minimum atomic E-state index is -0.675. The van der Waals surface area contributed by atoms with Crippen molar-refractivity contribution in [2.75, 3.05) is 0 Å². The molecule has 0 saturated carbocycles. The van der Waals surface area contributed by atoms with Gasteiger partial charge in [-0.05, 0) is 24.7 Å². The maximum absolute atomic E-state index is 10.5. The van der Waals surface area contributed by atoms with Crippen LogP contribution in [0.2, 0.25) is 0 Å². The Morgan fingerprint density at radius 2 is 1.67 bits per heavy atom. The minimum Gasteiger partial charge on any atom is -0.481 e. The molecule has 2 heteroatoms. The molecule has 0 aliphatic rings. The molecule has 1 N–H and O–H groups in total. The highest BCUT2D eigenvalue weighted by atomic mass is 16.4. The van der Waals surface area contributed by atoms with Crippen LogP contribution in [0.15, 0.2) is 0 Å². The fraction of sp³-hybridized carbons (Fsp3) is 0.900. The van der Waals surface area contributed by atoms with Crippen LogP contribution in [0, 0.1) is 17.8 Å². The Morgan fingerprint density at radius 1 is 1.17 bits per heavy atom. The number of rotatable bonds is 5. The maximum Gasteiger partial charge on any atom is 0.306 e. The largest absolute Gasteiger partial charge is 0.481 e. The van der Waals surface area contributed by atoms with Crippen molar-refractivity contribution in [3.8, 4) is 0 Å². The maximum atomic E-state index is 10.5. The van der Waals surface area contributed by atoms with Crippen LogP contribution in [0.3, 0.4) is 0 Å². The van der Waals surface area contributed by atoms with Crippen LogP contribution in [0.4, 0.5) is 0 Å². The first-order chi connectivity index (χ1) is 5.43. The predicted octanol–water partition coefficient (Wildman–Crippen LogP) is 2.78. The number of carboxylic acid groups (broad SMARTS) is 1. The van der Waals surface area contributed by atoms with Gasteiger partial charge in [0.2, 0.25) is 0 Å². The van der Waals surface area contributed by atoms with Gasteiger partial charge in [-0.15, -0.1) is 0 Å². The Hall–Kier alpha value is -0.530. The molecule has 0 saturated heterocycles. The Balaban J connectivity index is 3.68. The van der Waals surface area contributed by atoms with Crippen molar-refractivity contribution in [2.24, 2.45) is 17.8 Å². The normalized spacial score (nSPS) is 16.1. The summed E-state index contributed by atoms with van der Waals surface area (Å²) in [4.78, 5) is 10.5. The van der Waals surface area contributed by atoms with Crippen LogP contribution < -0.4 is 0 Å². The van der Waals surface area contributed by atoms with E-state index in [0.29, 0.717) is 11.8 Å². The van der Waals surface area contributed by atoms with Crippen molar-refractivity contribution >= 4 is 5.97 Å². The average Bonchev–Trinajstić information content (AvgIpc) is 1.84. The van der Waals surface area contributed by atoms with Gasteiger partial charge in [0.05, 0.1) is 5.92 Å². The third-order valence-electron chi connectivity index (χ3n) is 2.05. The van der Waals surface area contributed by atoms with E-state index in [1.165, 1.54) is 0 Å². The molecule has 0 aromatic heterocycles. The molecule has 0 fully saturated rings. The fourth-order valence-electron chi connectivity index (χ4n) is 1.61. The summed E-state index contributed by atoms with van der Waals surface area (Å²) in [5.74, 6) is 0.321. The van der Waals surface area contributed by atoms with E-state index >= 15 is 0 Å². The van der Waals surface area contributed by atoms with Crippen LogP contribution >= 0.6 is 0 Å². The third-order valence-corrected chi connectivity index (χ3v) is 2.05. The molecule has 12 heavy (non-hydrogen) atoms. The van der Waals surface area contributed by atoms with Gasteiger partial charge in [0.15, 0.2) is 0 Å². The van der Waals surface area contributed by atoms with E-state index in [1.54, 1.807) is 6.92 Å². The quantitative estimate of drug-likeness (QED) is 0.692. The van der Waals surface area contributed by atoms with Gasteiger partial charge in [0.1, 0.15) is 0 Å². The second kappa shape index (κ2) is 5.18. The topological polar surface area (TPSA) is 37.3 Å². The van der Waals surface area contributed by atoms with Gasteiger partial charge in [-0.3, -0.25) is 4.79 Å².